The van der Waals surface area contributed by atoms with Crippen LogP contribution in [-0.4, -0.2) is 34.9 Å². The van der Waals surface area contributed by atoms with Crippen molar-refractivity contribution in [3.63, 3.8) is 0 Å². The summed E-state index contributed by atoms with van der Waals surface area (Å²) in [5.74, 6) is -0.485. The summed E-state index contributed by atoms with van der Waals surface area (Å²) < 4.78 is 5.27. The first-order valence-corrected chi connectivity index (χ1v) is 13.5. The summed E-state index contributed by atoms with van der Waals surface area (Å²) in [5.41, 5.74) is 2.95. The van der Waals surface area contributed by atoms with Gasteiger partial charge in [0, 0.05) is 12.6 Å². The third-order valence-electron chi connectivity index (χ3n) is 7.01. The monoisotopic (exact) mass is 527 g/mol. The van der Waals surface area contributed by atoms with Gasteiger partial charge < -0.3 is 20.3 Å². The number of amides is 3. The zero-order valence-corrected chi connectivity index (χ0v) is 22.7. The van der Waals surface area contributed by atoms with Gasteiger partial charge in [-0.3, -0.25) is 9.59 Å². The number of hydrogen-bond acceptors (Lipinski definition) is 4. The molecule has 3 aromatic carbocycles. The highest BCUT2D eigenvalue weighted by Gasteiger charge is 2.52. The maximum Gasteiger partial charge on any atom is 0.408 e. The summed E-state index contributed by atoms with van der Waals surface area (Å²) in [6.07, 6.45) is -0.0339. The number of carbonyl (C=O) groups excluding carboxylic acids is 3. The zero-order chi connectivity index (χ0) is 27.8. The largest absolute Gasteiger partial charge is 0.445 e. The van der Waals surface area contributed by atoms with Crippen LogP contribution in [0.1, 0.15) is 49.9 Å². The summed E-state index contributed by atoms with van der Waals surface area (Å²) >= 11 is 0. The smallest absolute Gasteiger partial charge is 0.408 e. The van der Waals surface area contributed by atoms with Crippen LogP contribution in [0, 0.1) is 11.8 Å². The molecule has 1 aliphatic rings. The summed E-state index contributed by atoms with van der Waals surface area (Å²) in [6.45, 7) is 6.38. The lowest BCUT2D eigenvalue weighted by Crippen LogP contribution is -2.63. The Morgan fingerprint density at radius 2 is 1.38 bits per heavy atom. The first kappa shape index (κ1) is 27.9. The molecule has 0 aliphatic carbocycles. The zero-order valence-electron chi connectivity index (χ0n) is 22.7. The number of β-lactam (4-membered cyclic amide) rings is 1. The van der Waals surface area contributed by atoms with Crippen LogP contribution >= 0.6 is 0 Å². The number of likely N-dealkylation sites (tertiary alicyclic amines) is 1. The first-order chi connectivity index (χ1) is 18.8. The highest BCUT2D eigenvalue weighted by atomic mass is 16.5. The quantitative estimate of drug-likeness (QED) is 0.334. The van der Waals surface area contributed by atoms with Crippen molar-refractivity contribution < 1.29 is 19.1 Å². The molecular formula is C32H37N3O4. The van der Waals surface area contributed by atoms with E-state index in [1.54, 1.807) is 6.92 Å². The Morgan fingerprint density at radius 1 is 0.821 bits per heavy atom. The molecule has 3 aromatic rings. The molecule has 1 heterocycles. The van der Waals surface area contributed by atoms with E-state index >= 15 is 0 Å². The van der Waals surface area contributed by atoms with E-state index < -0.39 is 18.1 Å². The van der Waals surface area contributed by atoms with Crippen molar-refractivity contribution in [3.05, 3.63) is 108 Å². The number of hydrogen-bond donors (Lipinski definition) is 2. The van der Waals surface area contributed by atoms with Crippen LogP contribution in [-0.2, 0) is 27.5 Å². The second kappa shape index (κ2) is 13.1. The molecule has 204 valence electrons. The number of nitrogens with one attached hydrogen (secondary N) is 2. The van der Waals surface area contributed by atoms with E-state index in [0.29, 0.717) is 13.0 Å². The second-order valence-electron chi connectivity index (χ2n) is 10.5. The molecule has 2 N–H and O–H groups in total. The highest BCUT2D eigenvalue weighted by molar-refractivity contribution is 5.90. The molecule has 4 atom stereocenters. The van der Waals surface area contributed by atoms with Crippen LogP contribution in [0.3, 0.4) is 0 Å². The molecule has 0 unspecified atom stereocenters. The molecule has 1 aliphatic heterocycles. The average Bonchev–Trinajstić information content (AvgIpc) is 2.94. The number of rotatable bonds is 11. The van der Waals surface area contributed by atoms with E-state index in [0.717, 1.165) is 16.7 Å². The van der Waals surface area contributed by atoms with E-state index in [1.165, 1.54) is 0 Å². The molecule has 4 rings (SSSR count). The SMILES string of the molecule is CC(C)C[C@H](NC(=O)[C@H](C)NC(=O)OCc1ccccc1)[C@@H]1C(=O)N(Cc2ccccc2)[C@H]1c1ccccc1. The molecule has 0 aromatic heterocycles. The molecule has 39 heavy (non-hydrogen) atoms. The Hall–Kier alpha value is -4.13. The van der Waals surface area contributed by atoms with E-state index in [4.69, 9.17) is 4.74 Å². The van der Waals surface area contributed by atoms with Crippen LogP contribution in [0.15, 0.2) is 91.0 Å². The average molecular weight is 528 g/mol. The molecular weight excluding hydrogens is 490 g/mol. The number of carbonyl (C=O) groups is 3. The van der Waals surface area contributed by atoms with Crippen molar-refractivity contribution in [2.24, 2.45) is 11.8 Å². The summed E-state index contributed by atoms with van der Waals surface area (Å²) in [4.78, 5) is 41.0. The van der Waals surface area contributed by atoms with Crippen LogP contribution in [0.4, 0.5) is 4.79 Å². The number of benzene rings is 3. The Kier molecular flexibility index (Phi) is 9.36. The van der Waals surface area contributed by atoms with Crippen molar-refractivity contribution in [1.82, 2.24) is 15.5 Å². The topological polar surface area (TPSA) is 87.7 Å². The van der Waals surface area contributed by atoms with E-state index in [2.05, 4.69) is 24.5 Å². The molecule has 1 fully saturated rings. The van der Waals surface area contributed by atoms with Gasteiger partial charge in [0.25, 0.3) is 0 Å². The Bertz CT molecular complexity index is 1230. The second-order valence-corrected chi connectivity index (χ2v) is 10.5. The van der Waals surface area contributed by atoms with Gasteiger partial charge in [-0.15, -0.1) is 0 Å². The van der Waals surface area contributed by atoms with Crippen LogP contribution < -0.4 is 10.6 Å². The van der Waals surface area contributed by atoms with Crippen molar-refractivity contribution in [2.75, 3.05) is 0 Å². The normalized spacial score (nSPS) is 18.2. The number of alkyl carbamates (subject to hydrolysis) is 1. The maximum absolute atomic E-state index is 13.6. The Morgan fingerprint density at radius 3 is 1.97 bits per heavy atom. The predicted octanol–water partition coefficient (Wildman–Crippen LogP) is 5.23. The summed E-state index contributed by atoms with van der Waals surface area (Å²) in [7, 11) is 0. The number of nitrogens with zero attached hydrogens (tertiary/aromatic N) is 1. The van der Waals surface area contributed by atoms with E-state index in [1.807, 2.05) is 95.9 Å². The van der Waals surface area contributed by atoms with E-state index in [9.17, 15) is 14.4 Å². The fourth-order valence-electron chi connectivity index (χ4n) is 5.08. The molecule has 7 nitrogen and oxygen atoms in total. The van der Waals surface area contributed by atoms with Gasteiger partial charge in [0.2, 0.25) is 11.8 Å². The van der Waals surface area contributed by atoms with Crippen molar-refractivity contribution in [1.29, 1.82) is 0 Å². The minimum absolute atomic E-state index is 0.0153. The molecule has 0 radical (unpaired) electrons. The third kappa shape index (κ3) is 7.25. The molecule has 0 spiro atoms. The van der Waals surface area contributed by atoms with E-state index in [-0.39, 0.29) is 36.4 Å². The molecule has 1 saturated heterocycles. The highest BCUT2D eigenvalue weighted by Crippen LogP contribution is 2.44. The lowest BCUT2D eigenvalue weighted by Gasteiger charge is -2.51. The van der Waals surface area contributed by atoms with Gasteiger partial charge in [0.15, 0.2) is 0 Å². The first-order valence-electron chi connectivity index (χ1n) is 13.5. The predicted molar refractivity (Wildman–Crippen MR) is 150 cm³/mol. The van der Waals surface area contributed by atoms with Crippen LogP contribution in [0.25, 0.3) is 0 Å². The van der Waals surface area contributed by atoms with Gasteiger partial charge in [-0.1, -0.05) is 105 Å². The molecule has 0 saturated carbocycles. The van der Waals surface area contributed by atoms with Gasteiger partial charge in [-0.05, 0) is 36.0 Å². The standard InChI is InChI=1S/C32H37N3O4/c1-22(2)19-27(34-30(36)23(3)33-32(38)39-21-25-15-9-5-10-16-25)28-29(26-17-11-6-12-18-26)35(31(28)37)20-24-13-7-4-8-14-24/h4-18,22-23,27-29H,19-21H2,1-3H3,(H,33,38)(H,34,36)/t23-,27-,28-,29-/m0/s1. The van der Waals surface area contributed by atoms with Crippen LogP contribution in [0.2, 0.25) is 0 Å². The van der Waals surface area contributed by atoms with Crippen molar-refractivity contribution in [2.45, 2.75) is 58.5 Å². The fraction of sp³-hybridized carbons (Fsp3) is 0.344. The molecule has 7 heteroatoms. The Labute approximate surface area is 230 Å². The van der Waals surface area contributed by atoms with Gasteiger partial charge in [0.05, 0.1) is 12.0 Å². The lowest BCUT2D eigenvalue weighted by molar-refractivity contribution is -0.161. The summed E-state index contributed by atoms with van der Waals surface area (Å²) in [5, 5.41) is 5.70. The number of ether oxygens (including phenoxy) is 1. The van der Waals surface area contributed by atoms with Crippen molar-refractivity contribution >= 4 is 17.9 Å². The van der Waals surface area contributed by atoms with Gasteiger partial charge in [-0.25, -0.2) is 4.79 Å². The van der Waals surface area contributed by atoms with Gasteiger partial charge >= 0.3 is 6.09 Å². The lowest BCUT2D eigenvalue weighted by atomic mass is 9.75. The van der Waals surface area contributed by atoms with Gasteiger partial charge in [-0.2, -0.15) is 0 Å². The third-order valence-corrected chi connectivity index (χ3v) is 7.01. The fourth-order valence-corrected chi connectivity index (χ4v) is 5.08. The Balaban J connectivity index is 1.45. The maximum atomic E-state index is 13.6. The molecule has 0 bridgehead atoms. The van der Waals surface area contributed by atoms with Gasteiger partial charge in [0.1, 0.15) is 12.6 Å². The van der Waals surface area contributed by atoms with Crippen molar-refractivity contribution in [3.8, 4) is 0 Å². The minimum atomic E-state index is -0.825. The van der Waals surface area contributed by atoms with Crippen LogP contribution in [0.5, 0.6) is 0 Å². The molecule has 3 amide bonds. The summed E-state index contributed by atoms with van der Waals surface area (Å²) in [6, 6.07) is 27.9. The minimum Gasteiger partial charge on any atom is -0.445 e.